The van der Waals surface area contributed by atoms with Crippen LogP contribution in [0.25, 0.3) is 0 Å². The predicted octanol–water partition coefficient (Wildman–Crippen LogP) is 1.68. The van der Waals surface area contributed by atoms with Crippen molar-refractivity contribution < 1.29 is 9.00 Å². The summed E-state index contributed by atoms with van der Waals surface area (Å²) in [6, 6.07) is 6.80. The van der Waals surface area contributed by atoms with E-state index in [9.17, 15) is 9.00 Å². The molecule has 0 radical (unpaired) electrons. The van der Waals surface area contributed by atoms with Crippen molar-refractivity contribution in [2.75, 3.05) is 11.5 Å². The predicted molar refractivity (Wildman–Crippen MR) is 74.6 cm³/mol. The topological polar surface area (TPSA) is 72.2 Å². The molecule has 5 heteroatoms. The van der Waals surface area contributed by atoms with E-state index in [-0.39, 0.29) is 17.2 Å². The van der Waals surface area contributed by atoms with Crippen molar-refractivity contribution in [1.29, 1.82) is 0 Å². The first kappa shape index (κ1) is 14.7. The molecule has 1 amide bonds. The van der Waals surface area contributed by atoms with Crippen molar-refractivity contribution in [2.24, 2.45) is 0 Å². The molecule has 1 aromatic rings. The van der Waals surface area contributed by atoms with Crippen molar-refractivity contribution in [3.05, 3.63) is 24.3 Å². The number of rotatable bonds is 5. The third kappa shape index (κ3) is 4.49. The van der Waals surface area contributed by atoms with Crippen LogP contribution in [0.15, 0.2) is 29.2 Å². The molecule has 0 bridgehead atoms. The minimum absolute atomic E-state index is 0.0348. The number of anilines is 1. The van der Waals surface area contributed by atoms with E-state index >= 15 is 0 Å². The van der Waals surface area contributed by atoms with Gasteiger partial charge in [-0.3, -0.25) is 9.00 Å². The highest BCUT2D eigenvalue weighted by molar-refractivity contribution is 7.85. The number of hydrogen-bond donors (Lipinski definition) is 2. The van der Waals surface area contributed by atoms with Crippen LogP contribution in [-0.2, 0) is 15.6 Å². The van der Waals surface area contributed by atoms with Crippen molar-refractivity contribution in [3.63, 3.8) is 0 Å². The van der Waals surface area contributed by atoms with E-state index in [1.807, 2.05) is 20.8 Å². The van der Waals surface area contributed by atoms with Gasteiger partial charge in [-0.15, -0.1) is 0 Å². The second-order valence-electron chi connectivity index (χ2n) is 4.85. The Bertz CT molecular complexity index is 458. The van der Waals surface area contributed by atoms with Crippen molar-refractivity contribution >= 4 is 22.4 Å². The third-order valence-corrected chi connectivity index (χ3v) is 4.05. The second kappa shape index (κ2) is 6.00. The first-order valence-corrected chi connectivity index (χ1v) is 7.21. The molecule has 0 aliphatic heterocycles. The summed E-state index contributed by atoms with van der Waals surface area (Å²) < 4.78 is 12.0. The van der Waals surface area contributed by atoms with Gasteiger partial charge in [0.2, 0.25) is 5.91 Å². The highest BCUT2D eigenvalue weighted by Crippen LogP contribution is 2.12. The van der Waals surface area contributed by atoms with Crippen molar-refractivity contribution in [3.8, 4) is 0 Å². The van der Waals surface area contributed by atoms with Gasteiger partial charge in [0.05, 0.1) is 10.8 Å². The molecule has 0 aromatic heterocycles. The summed E-state index contributed by atoms with van der Waals surface area (Å²) in [5.74, 6) is -0.241. The molecule has 0 aliphatic carbocycles. The van der Waals surface area contributed by atoms with Crippen LogP contribution in [-0.4, -0.2) is 21.4 Å². The van der Waals surface area contributed by atoms with Crippen LogP contribution in [0.4, 0.5) is 5.69 Å². The van der Waals surface area contributed by atoms with Gasteiger partial charge in [-0.05, 0) is 38.5 Å². The molecule has 100 valence electrons. The van der Waals surface area contributed by atoms with Gasteiger partial charge in [0.15, 0.2) is 0 Å². The average Bonchev–Trinajstić information content (AvgIpc) is 2.28. The van der Waals surface area contributed by atoms with E-state index in [0.717, 1.165) is 6.42 Å². The summed E-state index contributed by atoms with van der Waals surface area (Å²) in [5.41, 5.74) is 5.90. The Morgan fingerprint density at radius 3 is 2.67 bits per heavy atom. The normalized spacial score (nSPS) is 13.1. The highest BCUT2D eigenvalue weighted by atomic mass is 32.2. The lowest BCUT2D eigenvalue weighted by atomic mass is 10.0. The van der Waals surface area contributed by atoms with Gasteiger partial charge < -0.3 is 11.1 Å². The van der Waals surface area contributed by atoms with Crippen LogP contribution >= 0.6 is 0 Å². The van der Waals surface area contributed by atoms with Gasteiger partial charge in [-0.25, -0.2) is 0 Å². The minimum Gasteiger partial charge on any atom is -0.399 e. The van der Waals surface area contributed by atoms with Crippen molar-refractivity contribution in [2.45, 2.75) is 37.6 Å². The Morgan fingerprint density at radius 2 is 2.11 bits per heavy atom. The van der Waals surface area contributed by atoms with Crippen molar-refractivity contribution in [1.82, 2.24) is 5.32 Å². The number of nitrogens with one attached hydrogen (secondary N) is 1. The summed E-state index contributed by atoms with van der Waals surface area (Å²) in [5, 5.41) is 2.86. The average molecular weight is 268 g/mol. The van der Waals surface area contributed by atoms with Crippen LogP contribution in [0.5, 0.6) is 0 Å². The monoisotopic (exact) mass is 268 g/mol. The van der Waals surface area contributed by atoms with Gasteiger partial charge >= 0.3 is 0 Å². The molecule has 4 nitrogen and oxygen atoms in total. The molecule has 1 rings (SSSR count). The maximum absolute atomic E-state index is 12.0. The van der Waals surface area contributed by atoms with E-state index in [0.29, 0.717) is 10.6 Å². The fourth-order valence-electron chi connectivity index (χ4n) is 1.36. The number of nitrogens with two attached hydrogens (primary N) is 1. The Kier molecular flexibility index (Phi) is 4.90. The quantitative estimate of drug-likeness (QED) is 0.798. The van der Waals surface area contributed by atoms with E-state index < -0.39 is 10.8 Å². The lowest BCUT2D eigenvalue weighted by Crippen LogP contribution is -2.44. The number of carbonyl (C=O) groups excluding carboxylic acids is 1. The Balaban J connectivity index is 2.63. The molecule has 3 N–H and O–H groups in total. The molecule has 0 saturated heterocycles. The smallest absolute Gasteiger partial charge is 0.233 e. The molecule has 0 heterocycles. The van der Waals surface area contributed by atoms with E-state index in [2.05, 4.69) is 5.32 Å². The zero-order chi connectivity index (χ0) is 13.8. The third-order valence-electron chi connectivity index (χ3n) is 2.74. The molecule has 1 aromatic carbocycles. The molecular formula is C13H20N2O2S. The van der Waals surface area contributed by atoms with E-state index in [1.54, 1.807) is 24.3 Å². The summed E-state index contributed by atoms with van der Waals surface area (Å²) in [6.45, 7) is 5.87. The number of amides is 1. The van der Waals surface area contributed by atoms with Crippen LogP contribution in [0.3, 0.4) is 0 Å². The summed E-state index contributed by atoms with van der Waals surface area (Å²) >= 11 is 0. The number of nitrogen functional groups attached to an aromatic ring is 1. The largest absolute Gasteiger partial charge is 0.399 e. The van der Waals surface area contributed by atoms with Crippen LogP contribution < -0.4 is 11.1 Å². The fourth-order valence-corrected chi connectivity index (χ4v) is 2.34. The molecule has 0 spiro atoms. The number of carbonyl (C=O) groups is 1. The summed E-state index contributed by atoms with van der Waals surface area (Å²) in [6.07, 6.45) is 0.823. The van der Waals surface area contributed by atoms with E-state index in [4.69, 9.17) is 5.73 Å². The Labute approximate surface area is 110 Å². The zero-order valence-corrected chi connectivity index (χ0v) is 11.8. The van der Waals surface area contributed by atoms with Crippen LogP contribution in [0.2, 0.25) is 0 Å². The zero-order valence-electron chi connectivity index (χ0n) is 11.0. The Morgan fingerprint density at radius 1 is 1.44 bits per heavy atom. The van der Waals surface area contributed by atoms with Crippen LogP contribution in [0.1, 0.15) is 27.2 Å². The molecule has 1 atom stereocenters. The van der Waals surface area contributed by atoms with Gasteiger partial charge in [0.1, 0.15) is 5.75 Å². The van der Waals surface area contributed by atoms with Gasteiger partial charge in [-0.1, -0.05) is 13.0 Å². The fraction of sp³-hybridized carbons (Fsp3) is 0.462. The maximum atomic E-state index is 12.0. The molecular weight excluding hydrogens is 248 g/mol. The van der Waals surface area contributed by atoms with E-state index in [1.165, 1.54) is 0 Å². The molecule has 0 aliphatic rings. The molecule has 0 fully saturated rings. The second-order valence-corrected chi connectivity index (χ2v) is 6.30. The molecule has 18 heavy (non-hydrogen) atoms. The molecule has 1 unspecified atom stereocenters. The number of hydrogen-bond acceptors (Lipinski definition) is 3. The lowest BCUT2D eigenvalue weighted by molar-refractivity contribution is -0.120. The standard InChI is InChI=1S/C13H20N2O2S/c1-4-13(2,3)15-12(16)9-18(17)11-7-5-6-10(14)8-11/h5-8H,4,9,14H2,1-3H3,(H,15,16). The summed E-state index contributed by atoms with van der Waals surface area (Å²) in [7, 11) is -1.35. The molecule has 0 saturated carbocycles. The first-order valence-electron chi connectivity index (χ1n) is 5.89. The van der Waals surface area contributed by atoms with Crippen LogP contribution in [0, 0.1) is 0 Å². The summed E-state index contributed by atoms with van der Waals surface area (Å²) in [4.78, 5) is 12.3. The maximum Gasteiger partial charge on any atom is 0.233 e. The van der Waals surface area contributed by atoms with Gasteiger partial charge in [0.25, 0.3) is 0 Å². The lowest BCUT2D eigenvalue weighted by Gasteiger charge is -2.24. The first-order chi connectivity index (χ1) is 8.34. The van der Waals surface area contributed by atoms with Gasteiger partial charge in [-0.2, -0.15) is 0 Å². The number of benzene rings is 1. The SMILES string of the molecule is CCC(C)(C)NC(=O)CS(=O)c1cccc(N)c1. The van der Waals surface area contributed by atoms with Gasteiger partial charge in [0, 0.05) is 16.1 Å². The Hall–Kier alpha value is -1.36. The minimum atomic E-state index is -1.35. The highest BCUT2D eigenvalue weighted by Gasteiger charge is 2.19.